The minimum Gasteiger partial charge on any atom is -0.445 e. The Balaban J connectivity index is 1.26. The lowest BCUT2D eigenvalue weighted by atomic mass is 9.85. The first kappa shape index (κ1) is 23.3. The number of rotatable bonds is 8. The first-order valence-corrected chi connectivity index (χ1v) is 10.8. The van der Waals surface area contributed by atoms with Crippen LogP contribution in [0.15, 0.2) is 60.7 Å². The molecule has 0 unspecified atom stereocenters. The van der Waals surface area contributed by atoms with E-state index in [4.69, 9.17) is 9.47 Å². The quantitative estimate of drug-likeness (QED) is 0.549. The van der Waals surface area contributed by atoms with E-state index in [0.29, 0.717) is 32.3 Å². The van der Waals surface area contributed by atoms with Gasteiger partial charge in [0.1, 0.15) is 13.2 Å². The highest BCUT2D eigenvalue weighted by Crippen LogP contribution is 2.24. The number of alkyl carbamates (subject to hydrolysis) is 1. The first-order chi connectivity index (χ1) is 15.6. The Morgan fingerprint density at radius 3 is 2.00 bits per heavy atom. The summed E-state index contributed by atoms with van der Waals surface area (Å²) in [4.78, 5) is 36.1. The van der Waals surface area contributed by atoms with Gasteiger partial charge in [-0.05, 0) is 36.8 Å². The van der Waals surface area contributed by atoms with E-state index < -0.39 is 12.0 Å². The van der Waals surface area contributed by atoms with E-state index in [2.05, 4.69) is 16.2 Å². The van der Waals surface area contributed by atoms with Crippen molar-refractivity contribution in [2.45, 2.75) is 44.9 Å². The van der Waals surface area contributed by atoms with E-state index in [1.165, 1.54) is 0 Å². The zero-order chi connectivity index (χ0) is 22.6. The number of nitrogens with one attached hydrogen (secondary N) is 3. The van der Waals surface area contributed by atoms with Crippen LogP contribution < -0.4 is 16.2 Å². The van der Waals surface area contributed by atoms with Gasteiger partial charge in [-0.25, -0.2) is 4.79 Å². The van der Waals surface area contributed by atoms with Crippen molar-refractivity contribution in [3.8, 4) is 0 Å². The van der Waals surface area contributed by atoms with Crippen LogP contribution in [-0.2, 0) is 32.3 Å². The Morgan fingerprint density at radius 2 is 1.38 bits per heavy atom. The molecular formula is C24H29N3O5. The van der Waals surface area contributed by atoms with Crippen LogP contribution in [0.25, 0.3) is 0 Å². The lowest BCUT2D eigenvalue weighted by Gasteiger charge is -2.28. The third kappa shape index (κ3) is 8.03. The highest BCUT2D eigenvalue weighted by molar-refractivity contribution is 5.83. The van der Waals surface area contributed by atoms with E-state index in [1.807, 2.05) is 60.7 Å². The van der Waals surface area contributed by atoms with Crippen LogP contribution in [0.1, 0.15) is 36.8 Å². The Bertz CT molecular complexity index is 868. The first-order valence-electron chi connectivity index (χ1n) is 10.8. The molecule has 1 saturated carbocycles. The summed E-state index contributed by atoms with van der Waals surface area (Å²) in [5, 5.41) is 2.86. The molecule has 0 spiro atoms. The summed E-state index contributed by atoms with van der Waals surface area (Å²) in [6, 6.07) is 19.0. The normalized spacial score (nSPS) is 17.8. The minimum atomic E-state index is -0.454. The van der Waals surface area contributed by atoms with Gasteiger partial charge in [0.25, 0.3) is 5.91 Å². The molecule has 3 rings (SSSR count). The summed E-state index contributed by atoms with van der Waals surface area (Å²) in [5.74, 6) is -0.851. The highest BCUT2D eigenvalue weighted by Gasteiger charge is 2.27. The van der Waals surface area contributed by atoms with Crippen molar-refractivity contribution in [3.63, 3.8) is 0 Å². The molecule has 1 fully saturated rings. The second kappa shape index (κ2) is 12.5. The van der Waals surface area contributed by atoms with Crippen LogP contribution >= 0.6 is 0 Å². The Hall–Kier alpha value is -3.39. The van der Waals surface area contributed by atoms with Crippen molar-refractivity contribution in [1.82, 2.24) is 16.2 Å². The molecule has 0 atom stereocenters. The summed E-state index contributed by atoms with van der Waals surface area (Å²) in [6.07, 6.45) is 2.13. The zero-order valence-corrected chi connectivity index (χ0v) is 17.9. The second-order valence-corrected chi connectivity index (χ2v) is 7.77. The van der Waals surface area contributed by atoms with Crippen molar-refractivity contribution in [3.05, 3.63) is 71.8 Å². The van der Waals surface area contributed by atoms with E-state index in [0.717, 1.165) is 11.1 Å². The molecule has 32 heavy (non-hydrogen) atoms. The molecule has 0 saturated heterocycles. The fourth-order valence-corrected chi connectivity index (χ4v) is 3.54. The molecule has 3 amide bonds. The highest BCUT2D eigenvalue weighted by atomic mass is 16.5. The number of carbonyl (C=O) groups excluding carboxylic acids is 3. The van der Waals surface area contributed by atoms with Crippen molar-refractivity contribution in [2.75, 3.05) is 6.61 Å². The molecular weight excluding hydrogens is 410 g/mol. The van der Waals surface area contributed by atoms with Crippen LogP contribution in [0, 0.1) is 5.92 Å². The van der Waals surface area contributed by atoms with Gasteiger partial charge in [-0.15, -0.1) is 0 Å². The van der Waals surface area contributed by atoms with Gasteiger partial charge in [-0.1, -0.05) is 60.7 Å². The van der Waals surface area contributed by atoms with Crippen molar-refractivity contribution >= 4 is 17.9 Å². The molecule has 0 aliphatic heterocycles. The summed E-state index contributed by atoms with van der Waals surface area (Å²) >= 11 is 0. The molecule has 0 bridgehead atoms. The number of hydrogen-bond acceptors (Lipinski definition) is 5. The fraction of sp³-hybridized carbons (Fsp3) is 0.375. The molecule has 1 aliphatic carbocycles. The third-order valence-electron chi connectivity index (χ3n) is 5.30. The van der Waals surface area contributed by atoms with E-state index in [-0.39, 0.29) is 31.1 Å². The molecule has 2 aromatic carbocycles. The summed E-state index contributed by atoms with van der Waals surface area (Å²) in [7, 11) is 0. The van der Waals surface area contributed by atoms with Gasteiger partial charge in [0.2, 0.25) is 5.91 Å². The van der Waals surface area contributed by atoms with Gasteiger partial charge in [0.05, 0.1) is 6.61 Å². The predicted molar refractivity (Wildman–Crippen MR) is 118 cm³/mol. The van der Waals surface area contributed by atoms with Gasteiger partial charge in [0.15, 0.2) is 0 Å². The van der Waals surface area contributed by atoms with Crippen LogP contribution in [0.4, 0.5) is 4.79 Å². The Labute approximate surface area is 187 Å². The SMILES string of the molecule is O=C(COCc1ccccc1)NNC(=O)C1CCC(NC(=O)OCc2ccccc2)CC1. The molecule has 0 heterocycles. The number of carbonyl (C=O) groups is 3. The molecule has 1 aliphatic rings. The maximum atomic E-state index is 12.3. The van der Waals surface area contributed by atoms with Crippen LogP contribution in [-0.4, -0.2) is 30.6 Å². The standard InChI is InChI=1S/C24H29N3O5/c28-22(17-31-15-18-7-3-1-4-8-18)26-27-23(29)20-11-13-21(14-12-20)25-24(30)32-16-19-9-5-2-6-10-19/h1-10,20-21H,11-17H2,(H,25,30)(H,26,28)(H,27,29). The molecule has 170 valence electrons. The summed E-state index contributed by atoms with van der Waals surface area (Å²) < 4.78 is 10.6. The average Bonchev–Trinajstić information content (AvgIpc) is 2.83. The number of hydrogen-bond donors (Lipinski definition) is 3. The summed E-state index contributed by atoms with van der Waals surface area (Å²) in [5.41, 5.74) is 6.75. The van der Waals surface area contributed by atoms with E-state index >= 15 is 0 Å². The van der Waals surface area contributed by atoms with E-state index in [9.17, 15) is 14.4 Å². The number of ether oxygens (including phenoxy) is 2. The number of amides is 3. The molecule has 0 radical (unpaired) electrons. The molecule has 8 nitrogen and oxygen atoms in total. The van der Waals surface area contributed by atoms with Crippen LogP contribution in [0.2, 0.25) is 0 Å². The number of hydrazine groups is 1. The predicted octanol–water partition coefficient (Wildman–Crippen LogP) is 2.84. The lowest BCUT2D eigenvalue weighted by molar-refractivity contribution is -0.134. The molecule has 8 heteroatoms. The van der Waals surface area contributed by atoms with Gasteiger partial charge in [-0.3, -0.25) is 20.4 Å². The van der Waals surface area contributed by atoms with E-state index in [1.54, 1.807) is 0 Å². The molecule has 0 aromatic heterocycles. The third-order valence-corrected chi connectivity index (χ3v) is 5.30. The van der Waals surface area contributed by atoms with Crippen LogP contribution in [0.3, 0.4) is 0 Å². The molecule has 2 aromatic rings. The second-order valence-electron chi connectivity index (χ2n) is 7.77. The van der Waals surface area contributed by atoms with Gasteiger partial charge in [0, 0.05) is 12.0 Å². The van der Waals surface area contributed by atoms with Gasteiger partial charge in [-0.2, -0.15) is 0 Å². The fourth-order valence-electron chi connectivity index (χ4n) is 3.54. The smallest absolute Gasteiger partial charge is 0.407 e. The minimum absolute atomic E-state index is 0.0247. The van der Waals surface area contributed by atoms with Gasteiger partial charge >= 0.3 is 6.09 Å². The maximum Gasteiger partial charge on any atom is 0.407 e. The largest absolute Gasteiger partial charge is 0.445 e. The lowest BCUT2D eigenvalue weighted by Crippen LogP contribution is -2.47. The Morgan fingerprint density at radius 1 is 0.781 bits per heavy atom. The summed E-state index contributed by atoms with van der Waals surface area (Å²) in [6.45, 7) is 0.406. The van der Waals surface area contributed by atoms with Crippen molar-refractivity contribution in [2.24, 2.45) is 5.92 Å². The zero-order valence-electron chi connectivity index (χ0n) is 17.9. The number of benzene rings is 2. The maximum absolute atomic E-state index is 12.3. The Kier molecular flexibility index (Phi) is 9.06. The van der Waals surface area contributed by atoms with Crippen LogP contribution in [0.5, 0.6) is 0 Å². The van der Waals surface area contributed by atoms with Crippen molar-refractivity contribution < 1.29 is 23.9 Å². The monoisotopic (exact) mass is 439 g/mol. The van der Waals surface area contributed by atoms with Crippen molar-refractivity contribution in [1.29, 1.82) is 0 Å². The topological polar surface area (TPSA) is 106 Å². The average molecular weight is 440 g/mol. The molecule has 3 N–H and O–H groups in total. The van der Waals surface area contributed by atoms with Gasteiger partial charge < -0.3 is 14.8 Å².